The van der Waals surface area contributed by atoms with Crippen molar-refractivity contribution in [1.29, 1.82) is 0 Å². The van der Waals surface area contributed by atoms with Gasteiger partial charge in [-0.05, 0) is 61.4 Å². The Morgan fingerprint density at radius 2 is 1.87 bits per heavy atom. The molecule has 162 valence electrons. The molecular weight excluding hydrogens is 403 g/mol. The average Bonchev–Trinajstić information content (AvgIpc) is 3.39. The number of carbonyl (C=O) groups is 3. The molecule has 2 aliphatic heterocycles. The van der Waals surface area contributed by atoms with Crippen molar-refractivity contribution >= 4 is 23.4 Å². The third kappa shape index (κ3) is 4.29. The Balaban J connectivity index is 1.62. The second kappa shape index (κ2) is 8.85. The van der Waals surface area contributed by atoms with Crippen molar-refractivity contribution in [2.75, 3.05) is 25.2 Å². The molecule has 0 N–H and O–H groups in total. The maximum atomic E-state index is 13.3. The molecule has 0 aliphatic carbocycles. The molecule has 2 aromatic rings. The van der Waals surface area contributed by atoms with Crippen LogP contribution in [0.15, 0.2) is 48.5 Å². The van der Waals surface area contributed by atoms with Crippen molar-refractivity contribution < 1.29 is 28.2 Å². The lowest BCUT2D eigenvalue weighted by Crippen LogP contribution is -2.48. The Kier molecular flexibility index (Phi) is 5.99. The quantitative estimate of drug-likeness (QED) is 0.664. The molecule has 31 heavy (non-hydrogen) atoms. The smallest absolute Gasteiger partial charge is 0.257 e. The standard InChI is InChI=1S/C23H23FN2O5/c1-30-18-10-8-17(9-11-18)26-21(27)13-20(23(26)29)25(14-19-3-2-12-31-19)22(28)15-4-6-16(24)7-5-15/h4-11,19-20H,2-3,12-14H2,1H3. The molecule has 2 heterocycles. The summed E-state index contributed by atoms with van der Waals surface area (Å²) in [7, 11) is 1.53. The molecule has 8 heteroatoms. The summed E-state index contributed by atoms with van der Waals surface area (Å²) in [6.07, 6.45) is 1.32. The van der Waals surface area contributed by atoms with E-state index in [1.807, 2.05) is 0 Å². The number of benzene rings is 2. The van der Waals surface area contributed by atoms with E-state index in [0.717, 1.165) is 17.7 Å². The van der Waals surface area contributed by atoms with Gasteiger partial charge in [-0.15, -0.1) is 0 Å². The zero-order chi connectivity index (χ0) is 22.0. The number of halogens is 1. The number of rotatable bonds is 6. The van der Waals surface area contributed by atoms with Crippen LogP contribution in [-0.4, -0.2) is 55.0 Å². The summed E-state index contributed by atoms with van der Waals surface area (Å²) in [4.78, 5) is 41.8. The fraction of sp³-hybridized carbons (Fsp3) is 0.348. The van der Waals surface area contributed by atoms with Crippen LogP contribution in [0.2, 0.25) is 0 Å². The van der Waals surface area contributed by atoms with E-state index in [1.165, 1.54) is 36.3 Å². The molecule has 2 saturated heterocycles. The molecule has 7 nitrogen and oxygen atoms in total. The van der Waals surface area contributed by atoms with E-state index in [9.17, 15) is 18.8 Å². The number of nitrogens with zero attached hydrogens (tertiary/aromatic N) is 2. The van der Waals surface area contributed by atoms with Crippen molar-refractivity contribution in [2.24, 2.45) is 0 Å². The Hall–Kier alpha value is -3.26. The lowest BCUT2D eigenvalue weighted by atomic mass is 10.1. The first kappa shape index (κ1) is 21.0. The van der Waals surface area contributed by atoms with Gasteiger partial charge < -0.3 is 14.4 Å². The zero-order valence-corrected chi connectivity index (χ0v) is 17.1. The predicted octanol–water partition coefficient (Wildman–Crippen LogP) is 2.79. The van der Waals surface area contributed by atoms with Gasteiger partial charge in [-0.2, -0.15) is 0 Å². The molecule has 3 amide bonds. The van der Waals surface area contributed by atoms with Crippen LogP contribution in [-0.2, 0) is 14.3 Å². The lowest BCUT2D eigenvalue weighted by molar-refractivity contribution is -0.122. The molecule has 2 aliphatic rings. The Labute approximate surface area is 179 Å². The van der Waals surface area contributed by atoms with Gasteiger partial charge in [-0.3, -0.25) is 14.4 Å². The highest BCUT2D eigenvalue weighted by Gasteiger charge is 2.45. The summed E-state index contributed by atoms with van der Waals surface area (Å²) >= 11 is 0. The van der Waals surface area contributed by atoms with Crippen molar-refractivity contribution in [3.63, 3.8) is 0 Å². The monoisotopic (exact) mass is 426 g/mol. The van der Waals surface area contributed by atoms with Crippen LogP contribution in [0.3, 0.4) is 0 Å². The molecule has 2 atom stereocenters. The SMILES string of the molecule is COc1ccc(N2C(=O)CC(N(CC3CCCO3)C(=O)c3ccc(F)cc3)C2=O)cc1. The van der Waals surface area contributed by atoms with Crippen LogP contribution < -0.4 is 9.64 Å². The molecule has 0 radical (unpaired) electrons. The normalized spacial score (nSPS) is 20.9. The average molecular weight is 426 g/mol. The first-order valence-corrected chi connectivity index (χ1v) is 10.2. The number of amides is 3. The number of ether oxygens (including phenoxy) is 2. The van der Waals surface area contributed by atoms with Gasteiger partial charge in [0.25, 0.3) is 11.8 Å². The van der Waals surface area contributed by atoms with Gasteiger partial charge in [0, 0.05) is 18.7 Å². The van der Waals surface area contributed by atoms with E-state index in [2.05, 4.69) is 0 Å². The third-order valence-corrected chi connectivity index (χ3v) is 5.61. The molecule has 0 saturated carbocycles. The maximum absolute atomic E-state index is 13.3. The Morgan fingerprint density at radius 1 is 1.16 bits per heavy atom. The third-order valence-electron chi connectivity index (χ3n) is 5.61. The van der Waals surface area contributed by atoms with E-state index in [-0.39, 0.29) is 30.5 Å². The number of hydrogen-bond donors (Lipinski definition) is 0. The number of carbonyl (C=O) groups excluding carboxylic acids is 3. The Bertz CT molecular complexity index is 970. The van der Waals surface area contributed by atoms with Crippen LogP contribution in [0.1, 0.15) is 29.6 Å². The minimum Gasteiger partial charge on any atom is -0.497 e. The van der Waals surface area contributed by atoms with Crippen LogP contribution in [0.4, 0.5) is 10.1 Å². The first-order valence-electron chi connectivity index (χ1n) is 10.2. The Morgan fingerprint density at radius 3 is 2.48 bits per heavy atom. The van der Waals surface area contributed by atoms with Crippen LogP contribution in [0, 0.1) is 5.82 Å². The van der Waals surface area contributed by atoms with Crippen molar-refractivity contribution in [2.45, 2.75) is 31.4 Å². The summed E-state index contributed by atoms with van der Waals surface area (Å²) in [5.41, 5.74) is 0.673. The number of imide groups is 1. The second-order valence-electron chi connectivity index (χ2n) is 7.58. The van der Waals surface area contributed by atoms with Gasteiger partial charge in [0.1, 0.15) is 17.6 Å². The van der Waals surface area contributed by atoms with Gasteiger partial charge in [0.15, 0.2) is 0 Å². The minimum absolute atomic E-state index is 0.121. The summed E-state index contributed by atoms with van der Waals surface area (Å²) in [6.45, 7) is 0.787. The van der Waals surface area contributed by atoms with Crippen molar-refractivity contribution in [3.05, 3.63) is 59.9 Å². The van der Waals surface area contributed by atoms with Crippen LogP contribution >= 0.6 is 0 Å². The number of hydrogen-bond acceptors (Lipinski definition) is 5. The number of anilines is 1. The van der Waals surface area contributed by atoms with Crippen molar-refractivity contribution in [3.8, 4) is 5.75 Å². The van der Waals surface area contributed by atoms with Gasteiger partial charge in [-0.1, -0.05) is 0 Å². The maximum Gasteiger partial charge on any atom is 0.257 e. The molecule has 2 unspecified atom stereocenters. The molecule has 0 aromatic heterocycles. The van der Waals surface area contributed by atoms with Crippen LogP contribution in [0.5, 0.6) is 5.75 Å². The largest absolute Gasteiger partial charge is 0.497 e. The summed E-state index contributed by atoms with van der Waals surface area (Å²) in [5, 5.41) is 0. The zero-order valence-electron chi connectivity index (χ0n) is 17.1. The fourth-order valence-electron chi connectivity index (χ4n) is 3.98. The lowest BCUT2D eigenvalue weighted by Gasteiger charge is -2.30. The summed E-state index contributed by atoms with van der Waals surface area (Å²) in [5.74, 6) is -1.14. The summed E-state index contributed by atoms with van der Waals surface area (Å²) < 4.78 is 24.1. The topological polar surface area (TPSA) is 76.2 Å². The van der Waals surface area contributed by atoms with Gasteiger partial charge in [0.05, 0.1) is 25.3 Å². The second-order valence-corrected chi connectivity index (χ2v) is 7.58. The highest BCUT2D eigenvalue weighted by atomic mass is 19.1. The molecule has 0 bridgehead atoms. The van der Waals surface area contributed by atoms with E-state index in [1.54, 1.807) is 24.3 Å². The molecule has 0 spiro atoms. The highest BCUT2D eigenvalue weighted by molar-refractivity contribution is 6.23. The minimum atomic E-state index is -0.948. The summed E-state index contributed by atoms with van der Waals surface area (Å²) in [6, 6.07) is 10.8. The van der Waals surface area contributed by atoms with Gasteiger partial charge in [0.2, 0.25) is 5.91 Å². The fourth-order valence-corrected chi connectivity index (χ4v) is 3.98. The predicted molar refractivity (Wildman–Crippen MR) is 110 cm³/mol. The van der Waals surface area contributed by atoms with E-state index >= 15 is 0 Å². The van der Waals surface area contributed by atoms with Gasteiger partial charge >= 0.3 is 0 Å². The number of methoxy groups -OCH3 is 1. The highest BCUT2D eigenvalue weighted by Crippen LogP contribution is 2.29. The van der Waals surface area contributed by atoms with E-state index < -0.39 is 23.7 Å². The molecular formula is C23H23FN2O5. The van der Waals surface area contributed by atoms with Gasteiger partial charge in [-0.25, -0.2) is 9.29 Å². The van der Waals surface area contributed by atoms with E-state index in [4.69, 9.17) is 9.47 Å². The molecule has 2 fully saturated rings. The molecule has 4 rings (SSSR count). The van der Waals surface area contributed by atoms with Crippen LogP contribution in [0.25, 0.3) is 0 Å². The molecule has 2 aromatic carbocycles. The van der Waals surface area contributed by atoms with E-state index in [0.29, 0.717) is 18.0 Å². The first-order chi connectivity index (χ1) is 15.0. The van der Waals surface area contributed by atoms with Crippen molar-refractivity contribution in [1.82, 2.24) is 4.90 Å².